The van der Waals surface area contributed by atoms with E-state index in [1.54, 1.807) is 0 Å². The third-order valence-electron chi connectivity index (χ3n) is 5.29. The van der Waals surface area contributed by atoms with Crippen LogP contribution in [0.2, 0.25) is 0 Å². The predicted molar refractivity (Wildman–Crippen MR) is 62.7 cm³/mol. The van der Waals surface area contributed by atoms with Gasteiger partial charge in [-0.3, -0.25) is 4.79 Å². The van der Waals surface area contributed by atoms with Gasteiger partial charge in [0.15, 0.2) is 0 Å². The van der Waals surface area contributed by atoms with Gasteiger partial charge in [0.2, 0.25) is 0 Å². The molecule has 0 unspecified atom stereocenters. The topological polar surface area (TPSA) is 17.1 Å². The van der Waals surface area contributed by atoms with E-state index in [0.717, 1.165) is 24.7 Å². The van der Waals surface area contributed by atoms with Crippen LogP contribution in [0.1, 0.15) is 25.7 Å². The van der Waals surface area contributed by atoms with Crippen molar-refractivity contribution >= 4 is 5.78 Å². The van der Waals surface area contributed by atoms with E-state index in [1.165, 1.54) is 12.8 Å². The van der Waals surface area contributed by atoms with Gasteiger partial charge in [0.1, 0.15) is 5.78 Å². The van der Waals surface area contributed by atoms with Gasteiger partial charge < -0.3 is 0 Å². The molecule has 2 fully saturated rings. The fraction of sp³-hybridized carbons (Fsp3) is 0.667. The number of Topliss-reactive ketones (excluding diaryl/α,β-unsaturated/α-hetero) is 1. The Bertz CT molecular complexity index is 356. The monoisotopic (exact) mass is 214 g/mol. The summed E-state index contributed by atoms with van der Waals surface area (Å²) in [6.45, 7) is 0. The van der Waals surface area contributed by atoms with Gasteiger partial charge in [-0.1, -0.05) is 24.3 Å². The maximum Gasteiger partial charge on any atom is 0.140 e. The highest BCUT2D eigenvalue weighted by Crippen LogP contribution is 2.50. The second-order valence-corrected chi connectivity index (χ2v) is 6.18. The van der Waals surface area contributed by atoms with E-state index in [0.29, 0.717) is 29.5 Å². The first-order valence-corrected chi connectivity index (χ1v) is 6.71. The Balaban J connectivity index is 1.54. The van der Waals surface area contributed by atoms with Gasteiger partial charge in [0.05, 0.1) is 0 Å². The molecule has 4 aliphatic carbocycles. The molecule has 0 aliphatic heterocycles. The first kappa shape index (κ1) is 9.21. The fourth-order valence-corrected chi connectivity index (χ4v) is 4.49. The number of allylic oxidation sites excluding steroid dienone is 4. The first-order chi connectivity index (χ1) is 7.81. The summed E-state index contributed by atoms with van der Waals surface area (Å²) in [5, 5.41) is 0. The van der Waals surface area contributed by atoms with Gasteiger partial charge in [-0.2, -0.15) is 0 Å². The molecule has 0 amide bonds. The second kappa shape index (κ2) is 3.09. The number of carbonyl (C=O) groups is 1. The molecule has 4 rings (SSSR count). The van der Waals surface area contributed by atoms with Gasteiger partial charge in [-0.15, -0.1) is 0 Å². The highest BCUT2D eigenvalue weighted by atomic mass is 16.1. The molecule has 16 heavy (non-hydrogen) atoms. The van der Waals surface area contributed by atoms with Crippen LogP contribution in [0.4, 0.5) is 0 Å². The summed E-state index contributed by atoms with van der Waals surface area (Å²) < 4.78 is 0. The SMILES string of the molecule is O=C([C@H]1C[C@H]2C=C[C@@H]1C2)[C@H]1C[C@@H]2C=C[C@H]1C2. The number of rotatable bonds is 2. The number of carbonyl (C=O) groups excluding carboxylic acids is 1. The molecule has 84 valence electrons. The van der Waals surface area contributed by atoms with Crippen molar-refractivity contribution in [2.45, 2.75) is 25.7 Å². The molecular formula is C15H18O. The van der Waals surface area contributed by atoms with Crippen molar-refractivity contribution in [2.75, 3.05) is 0 Å². The Kier molecular flexibility index (Phi) is 1.78. The number of hydrogen-bond acceptors (Lipinski definition) is 1. The summed E-state index contributed by atoms with van der Waals surface area (Å²) >= 11 is 0. The van der Waals surface area contributed by atoms with Gasteiger partial charge >= 0.3 is 0 Å². The smallest absolute Gasteiger partial charge is 0.140 e. The zero-order valence-electron chi connectivity index (χ0n) is 9.51. The molecule has 0 saturated heterocycles. The fourth-order valence-electron chi connectivity index (χ4n) is 4.49. The van der Waals surface area contributed by atoms with Crippen LogP contribution in [0, 0.1) is 35.5 Å². The molecule has 4 aliphatic rings. The number of fused-ring (bicyclic) bond motifs is 4. The van der Waals surface area contributed by atoms with Gasteiger partial charge in [0.25, 0.3) is 0 Å². The lowest BCUT2D eigenvalue weighted by molar-refractivity contribution is -0.128. The van der Waals surface area contributed by atoms with Crippen LogP contribution in [0.15, 0.2) is 24.3 Å². The first-order valence-electron chi connectivity index (χ1n) is 6.71. The zero-order chi connectivity index (χ0) is 10.7. The average Bonchev–Trinajstić information content (AvgIpc) is 3.06. The van der Waals surface area contributed by atoms with E-state index in [2.05, 4.69) is 24.3 Å². The molecule has 1 nitrogen and oxygen atoms in total. The minimum atomic E-state index is 0.382. The van der Waals surface area contributed by atoms with Crippen LogP contribution in [0.25, 0.3) is 0 Å². The van der Waals surface area contributed by atoms with Gasteiger partial charge in [-0.05, 0) is 49.4 Å². The molecule has 0 aromatic carbocycles. The summed E-state index contributed by atoms with van der Waals surface area (Å²) in [6.07, 6.45) is 14.1. The molecule has 0 heterocycles. The van der Waals surface area contributed by atoms with E-state index in [4.69, 9.17) is 0 Å². The lowest BCUT2D eigenvalue weighted by atomic mass is 9.79. The standard InChI is InChI=1S/C15H18O/c16-15(13-7-9-1-3-11(13)5-9)14-8-10-2-4-12(14)6-10/h1-4,9-14H,5-8H2/t9-,10+,11+,12-,13-,14-/m0/s1. The largest absolute Gasteiger partial charge is 0.299 e. The summed E-state index contributed by atoms with van der Waals surface area (Å²) in [5.41, 5.74) is 0. The zero-order valence-corrected chi connectivity index (χ0v) is 9.51. The van der Waals surface area contributed by atoms with Crippen molar-refractivity contribution in [1.29, 1.82) is 0 Å². The molecule has 0 aromatic heterocycles. The van der Waals surface area contributed by atoms with Crippen molar-refractivity contribution < 1.29 is 4.79 Å². The Hall–Kier alpha value is -0.850. The third-order valence-corrected chi connectivity index (χ3v) is 5.29. The van der Waals surface area contributed by atoms with Crippen molar-refractivity contribution in [3.05, 3.63) is 24.3 Å². The number of hydrogen-bond donors (Lipinski definition) is 0. The maximum absolute atomic E-state index is 12.6. The van der Waals surface area contributed by atoms with E-state index >= 15 is 0 Å². The van der Waals surface area contributed by atoms with Crippen LogP contribution in [-0.2, 0) is 4.79 Å². The molecule has 6 atom stereocenters. The van der Waals surface area contributed by atoms with Crippen LogP contribution in [-0.4, -0.2) is 5.78 Å². The Morgan fingerprint density at radius 2 is 1.25 bits per heavy atom. The molecule has 4 bridgehead atoms. The summed E-state index contributed by atoms with van der Waals surface area (Å²) in [5.74, 6) is 4.02. The van der Waals surface area contributed by atoms with E-state index < -0.39 is 0 Å². The lowest BCUT2D eigenvalue weighted by Gasteiger charge is -2.24. The van der Waals surface area contributed by atoms with Crippen LogP contribution in [0.5, 0.6) is 0 Å². The lowest BCUT2D eigenvalue weighted by Crippen LogP contribution is -2.29. The van der Waals surface area contributed by atoms with E-state index in [-0.39, 0.29) is 0 Å². The molecule has 0 radical (unpaired) electrons. The highest BCUT2D eigenvalue weighted by molar-refractivity contribution is 5.85. The van der Waals surface area contributed by atoms with Crippen molar-refractivity contribution in [3.63, 3.8) is 0 Å². The predicted octanol–water partition coefficient (Wildman–Crippen LogP) is 2.98. The quantitative estimate of drug-likeness (QED) is 0.646. The minimum absolute atomic E-state index is 0.382. The van der Waals surface area contributed by atoms with Crippen LogP contribution in [0.3, 0.4) is 0 Å². The maximum atomic E-state index is 12.6. The molecule has 0 spiro atoms. The Morgan fingerprint density at radius 1 is 0.750 bits per heavy atom. The van der Waals surface area contributed by atoms with E-state index in [1.807, 2.05) is 0 Å². The molecule has 0 aromatic rings. The number of ketones is 1. The van der Waals surface area contributed by atoms with E-state index in [9.17, 15) is 4.79 Å². The van der Waals surface area contributed by atoms with Gasteiger partial charge in [0, 0.05) is 11.8 Å². The highest BCUT2D eigenvalue weighted by Gasteiger charge is 2.46. The molecule has 2 saturated carbocycles. The molecule has 1 heteroatoms. The van der Waals surface area contributed by atoms with Crippen molar-refractivity contribution in [1.82, 2.24) is 0 Å². The third kappa shape index (κ3) is 1.15. The van der Waals surface area contributed by atoms with Gasteiger partial charge in [-0.25, -0.2) is 0 Å². The van der Waals surface area contributed by atoms with Crippen molar-refractivity contribution in [3.8, 4) is 0 Å². The average molecular weight is 214 g/mol. The second-order valence-electron chi connectivity index (χ2n) is 6.18. The summed E-state index contributed by atoms with van der Waals surface area (Å²) in [6, 6.07) is 0. The van der Waals surface area contributed by atoms with Crippen molar-refractivity contribution in [2.24, 2.45) is 35.5 Å². The van der Waals surface area contributed by atoms with Crippen LogP contribution >= 0.6 is 0 Å². The molecule has 0 N–H and O–H groups in total. The normalized spacial score (nSPS) is 51.8. The van der Waals surface area contributed by atoms with Crippen LogP contribution < -0.4 is 0 Å². The summed E-state index contributed by atoms with van der Waals surface area (Å²) in [4.78, 5) is 12.6. The minimum Gasteiger partial charge on any atom is -0.299 e. The summed E-state index contributed by atoms with van der Waals surface area (Å²) in [7, 11) is 0. The molecular weight excluding hydrogens is 196 g/mol. The Labute approximate surface area is 96.6 Å². The Morgan fingerprint density at radius 3 is 1.56 bits per heavy atom.